The topological polar surface area (TPSA) is 43.1 Å². The third-order valence-corrected chi connectivity index (χ3v) is 3.69. The highest BCUT2D eigenvalue weighted by atomic mass is 32.2. The molecule has 0 fully saturated rings. The minimum Gasteiger partial charge on any atom is -0.191 e. The second-order valence-electron chi connectivity index (χ2n) is 3.83. The van der Waals surface area contributed by atoms with Crippen LogP contribution >= 0.6 is 11.8 Å². The van der Waals surface area contributed by atoms with Crippen molar-refractivity contribution < 1.29 is 0 Å². The number of rotatable bonds is 2. The smallest absolute Gasteiger partial charge is 0.191 e. The summed E-state index contributed by atoms with van der Waals surface area (Å²) in [6.07, 6.45) is 4.63. The van der Waals surface area contributed by atoms with Gasteiger partial charge in [0.15, 0.2) is 5.82 Å². The maximum atomic E-state index is 4.36. The van der Waals surface area contributed by atoms with E-state index < -0.39 is 0 Å². The van der Waals surface area contributed by atoms with Gasteiger partial charge in [-0.1, -0.05) is 37.3 Å². The van der Waals surface area contributed by atoms with Crippen LogP contribution in [0.3, 0.4) is 0 Å². The van der Waals surface area contributed by atoms with E-state index in [0.29, 0.717) is 0 Å². The first-order valence-corrected chi connectivity index (χ1v) is 6.62. The molecule has 1 aromatic carbocycles. The van der Waals surface area contributed by atoms with Gasteiger partial charge in [-0.15, -0.1) is 10.2 Å². The summed E-state index contributed by atoms with van der Waals surface area (Å²) in [6, 6.07) is 10.2. The van der Waals surface area contributed by atoms with Gasteiger partial charge in [-0.05, 0) is 23.4 Å². The molecule has 1 aliphatic heterocycles. The van der Waals surface area contributed by atoms with Gasteiger partial charge in [-0.3, -0.25) is 0 Å². The molecule has 0 amide bonds. The third-order valence-electron chi connectivity index (χ3n) is 2.66. The zero-order valence-corrected chi connectivity index (χ0v) is 10.8. The maximum Gasteiger partial charge on any atom is 0.216 e. The van der Waals surface area contributed by atoms with Gasteiger partial charge in [0, 0.05) is 17.5 Å². The molecular weight excluding hydrogens is 244 g/mol. The van der Waals surface area contributed by atoms with Crippen molar-refractivity contribution in [2.75, 3.05) is 0 Å². The summed E-state index contributed by atoms with van der Waals surface area (Å²) in [4.78, 5) is 1.13. The van der Waals surface area contributed by atoms with Crippen LogP contribution in [0.5, 0.6) is 0 Å². The van der Waals surface area contributed by atoms with E-state index in [1.165, 1.54) is 5.56 Å². The van der Waals surface area contributed by atoms with Crippen LogP contribution in [0.4, 0.5) is 0 Å². The fourth-order valence-corrected chi connectivity index (χ4v) is 2.65. The summed E-state index contributed by atoms with van der Waals surface area (Å²) in [7, 11) is 0. The second-order valence-corrected chi connectivity index (χ2v) is 4.84. The van der Waals surface area contributed by atoms with Gasteiger partial charge < -0.3 is 0 Å². The molecule has 1 aliphatic rings. The summed E-state index contributed by atoms with van der Waals surface area (Å²) in [6.45, 7) is 2.05. The Bertz CT molecular complexity index is 613. The highest BCUT2D eigenvalue weighted by molar-refractivity contribution is 8.08. The molecule has 18 heavy (non-hydrogen) atoms. The molecule has 2 aromatic rings. The van der Waals surface area contributed by atoms with E-state index in [1.807, 2.05) is 31.2 Å². The predicted molar refractivity (Wildman–Crippen MR) is 73.6 cm³/mol. The largest absolute Gasteiger partial charge is 0.216 e. The molecule has 0 saturated heterocycles. The monoisotopic (exact) mass is 256 g/mol. The fourth-order valence-electron chi connectivity index (χ4n) is 1.75. The minimum absolute atomic E-state index is 0.815. The fraction of sp³-hybridized carbons (Fsp3) is 0.154. The van der Waals surface area contributed by atoms with Crippen LogP contribution < -0.4 is 0 Å². The zero-order valence-electron chi connectivity index (χ0n) is 9.95. The van der Waals surface area contributed by atoms with Crippen molar-refractivity contribution >= 4 is 22.9 Å². The molecule has 5 heteroatoms. The van der Waals surface area contributed by atoms with Gasteiger partial charge in [0.25, 0.3) is 0 Å². The first-order valence-electron chi connectivity index (χ1n) is 5.80. The molecule has 0 unspecified atom stereocenters. The van der Waals surface area contributed by atoms with Crippen LogP contribution in [0.1, 0.15) is 18.3 Å². The molecule has 0 spiro atoms. The van der Waals surface area contributed by atoms with Crippen LogP contribution in [0.25, 0.3) is 4.91 Å². The van der Waals surface area contributed by atoms with Crippen LogP contribution in [-0.2, 0) is 6.42 Å². The van der Waals surface area contributed by atoms with E-state index in [1.54, 1.807) is 22.7 Å². The quantitative estimate of drug-likeness (QED) is 0.829. The summed E-state index contributed by atoms with van der Waals surface area (Å²) >= 11 is 1.59. The third kappa shape index (κ3) is 1.97. The summed E-state index contributed by atoms with van der Waals surface area (Å²) in [5.74, 6) is 0.886. The maximum absolute atomic E-state index is 4.36. The van der Waals surface area contributed by atoms with Crippen LogP contribution in [-0.4, -0.2) is 21.1 Å². The number of allylic oxidation sites excluding steroid dienone is 1. The Morgan fingerprint density at radius 1 is 1.17 bits per heavy atom. The number of aryl methyl sites for hydroxylation is 1. The number of benzene rings is 1. The highest BCUT2D eigenvalue weighted by Crippen LogP contribution is 2.34. The van der Waals surface area contributed by atoms with Crippen molar-refractivity contribution in [1.29, 1.82) is 0 Å². The van der Waals surface area contributed by atoms with Crippen molar-refractivity contribution in [3.05, 3.63) is 47.8 Å². The van der Waals surface area contributed by atoms with Gasteiger partial charge in [-0.2, -0.15) is 9.78 Å². The predicted octanol–water partition coefficient (Wildman–Crippen LogP) is 2.82. The van der Waals surface area contributed by atoms with Crippen LogP contribution in [0, 0.1) is 0 Å². The number of fused-ring (bicyclic) bond motifs is 1. The summed E-state index contributed by atoms with van der Waals surface area (Å²) in [5.41, 5.74) is 1.17. The van der Waals surface area contributed by atoms with Crippen molar-refractivity contribution in [3.63, 3.8) is 0 Å². The lowest BCUT2D eigenvalue weighted by Gasteiger charge is -2.03. The van der Waals surface area contributed by atoms with Gasteiger partial charge in [0.2, 0.25) is 5.16 Å². The second kappa shape index (κ2) is 4.78. The number of thioether (sulfide) groups is 1. The average molecular weight is 256 g/mol. The van der Waals surface area contributed by atoms with Crippen LogP contribution in [0.15, 0.2) is 46.7 Å². The number of aromatic nitrogens is 3. The van der Waals surface area contributed by atoms with Gasteiger partial charge in [-0.25, -0.2) is 0 Å². The first-order chi connectivity index (χ1) is 8.88. The highest BCUT2D eigenvalue weighted by Gasteiger charge is 2.15. The number of hydrogen-bond acceptors (Lipinski definition) is 4. The van der Waals surface area contributed by atoms with Crippen molar-refractivity contribution in [2.45, 2.75) is 18.5 Å². The molecule has 0 radical (unpaired) electrons. The molecule has 3 rings (SSSR count). The lowest BCUT2D eigenvalue weighted by Crippen LogP contribution is -1.96. The molecule has 1 aromatic heterocycles. The van der Waals surface area contributed by atoms with Gasteiger partial charge in [0.1, 0.15) is 0 Å². The molecule has 0 atom stereocenters. The molecule has 0 bridgehead atoms. The Morgan fingerprint density at radius 3 is 2.78 bits per heavy atom. The van der Waals surface area contributed by atoms with E-state index in [9.17, 15) is 0 Å². The Morgan fingerprint density at radius 2 is 2.00 bits per heavy atom. The van der Waals surface area contributed by atoms with Gasteiger partial charge in [0.05, 0.1) is 0 Å². The summed E-state index contributed by atoms with van der Waals surface area (Å²) in [5, 5.41) is 13.5. The average Bonchev–Trinajstić information content (AvgIpc) is 2.68. The summed E-state index contributed by atoms with van der Waals surface area (Å²) < 4.78 is 1.80. The van der Waals surface area contributed by atoms with Crippen LogP contribution in [0.2, 0.25) is 0 Å². The first kappa shape index (κ1) is 11.2. The Hall–Kier alpha value is -1.88. The minimum atomic E-state index is 0.815. The molecular formula is C13H12N4S. The molecule has 2 heterocycles. The van der Waals surface area contributed by atoms with Gasteiger partial charge >= 0.3 is 0 Å². The molecule has 0 saturated carbocycles. The zero-order chi connectivity index (χ0) is 12.4. The Labute approximate surface area is 109 Å². The Kier molecular flexibility index (Phi) is 2.98. The van der Waals surface area contributed by atoms with E-state index in [0.717, 1.165) is 22.3 Å². The van der Waals surface area contributed by atoms with E-state index >= 15 is 0 Å². The van der Waals surface area contributed by atoms with E-state index in [-0.39, 0.29) is 0 Å². The number of nitrogens with zero attached hydrogens (tertiary/aromatic N) is 4. The number of hydrogen-bond donors (Lipinski definition) is 0. The van der Waals surface area contributed by atoms with E-state index in [4.69, 9.17) is 0 Å². The molecule has 0 N–H and O–H groups in total. The SMILES string of the molecule is CCc1nnc2n1N=CC=C(c1ccccc1)S2. The van der Waals surface area contributed by atoms with Crippen molar-refractivity contribution in [2.24, 2.45) is 5.10 Å². The standard InChI is InChI=1S/C13H12N4S/c1-2-12-15-16-13-17(12)14-9-8-11(18-13)10-6-4-3-5-7-10/h3-9H,2H2,1H3. The molecule has 0 aliphatic carbocycles. The Balaban J connectivity index is 1.99. The lowest BCUT2D eigenvalue weighted by atomic mass is 10.2. The van der Waals surface area contributed by atoms with Crippen molar-refractivity contribution in [1.82, 2.24) is 14.9 Å². The normalized spacial score (nSPS) is 13.9. The lowest BCUT2D eigenvalue weighted by molar-refractivity contribution is 0.725. The van der Waals surface area contributed by atoms with E-state index in [2.05, 4.69) is 27.4 Å². The van der Waals surface area contributed by atoms with Crippen molar-refractivity contribution in [3.8, 4) is 0 Å². The molecule has 4 nitrogen and oxygen atoms in total. The molecule has 90 valence electrons.